The Morgan fingerprint density at radius 1 is 1.20 bits per heavy atom. The molecule has 2 rings (SSSR count). The Labute approximate surface area is 143 Å². The summed E-state index contributed by atoms with van der Waals surface area (Å²) >= 11 is 0. The van der Waals surface area contributed by atoms with E-state index in [1.807, 2.05) is 30.3 Å². The van der Waals surface area contributed by atoms with Crippen molar-refractivity contribution in [2.75, 3.05) is 6.61 Å². The van der Waals surface area contributed by atoms with Gasteiger partial charge in [0.2, 0.25) is 11.8 Å². The van der Waals surface area contributed by atoms with Gasteiger partial charge < -0.3 is 15.8 Å². The SMILES string of the molecule is NC(Cc1ccccc1)C(=O)NCc1ccnc(OCC(F)(F)F)c1. The Morgan fingerprint density at radius 3 is 2.60 bits per heavy atom. The standard InChI is InChI=1S/C17H18F3N3O2/c18-17(19,20)11-25-15-9-13(6-7-22-15)10-23-16(24)14(21)8-12-4-2-1-3-5-12/h1-7,9,14H,8,10-11,21H2,(H,23,24). The van der Waals surface area contributed by atoms with Gasteiger partial charge in [-0.15, -0.1) is 0 Å². The fraction of sp³-hybridized carbons (Fsp3) is 0.294. The molecule has 0 radical (unpaired) electrons. The van der Waals surface area contributed by atoms with E-state index in [2.05, 4.69) is 15.0 Å². The number of hydrogen-bond donors (Lipinski definition) is 2. The number of aromatic nitrogens is 1. The summed E-state index contributed by atoms with van der Waals surface area (Å²) in [5.41, 5.74) is 7.37. The number of nitrogens with two attached hydrogens (primary N) is 1. The van der Waals surface area contributed by atoms with Gasteiger partial charge in [-0.3, -0.25) is 4.79 Å². The number of alkyl halides is 3. The van der Waals surface area contributed by atoms with E-state index in [-0.39, 0.29) is 18.3 Å². The summed E-state index contributed by atoms with van der Waals surface area (Å²) in [4.78, 5) is 15.7. The minimum atomic E-state index is -4.43. The molecule has 0 saturated heterocycles. The van der Waals surface area contributed by atoms with E-state index >= 15 is 0 Å². The molecule has 0 aliphatic rings. The zero-order chi connectivity index (χ0) is 18.3. The number of amides is 1. The van der Waals surface area contributed by atoms with Crippen LogP contribution in [0, 0.1) is 0 Å². The average Bonchev–Trinajstić information content (AvgIpc) is 2.58. The zero-order valence-corrected chi connectivity index (χ0v) is 13.3. The third kappa shape index (κ3) is 6.80. The number of ether oxygens (including phenoxy) is 1. The van der Waals surface area contributed by atoms with E-state index in [4.69, 9.17) is 5.73 Å². The predicted molar refractivity (Wildman–Crippen MR) is 85.8 cm³/mol. The third-order valence-corrected chi connectivity index (χ3v) is 3.28. The van der Waals surface area contributed by atoms with Gasteiger partial charge in [0.15, 0.2) is 6.61 Å². The zero-order valence-electron chi connectivity index (χ0n) is 13.3. The van der Waals surface area contributed by atoms with E-state index in [0.717, 1.165) is 5.56 Å². The van der Waals surface area contributed by atoms with Crippen LogP contribution in [0.3, 0.4) is 0 Å². The smallest absolute Gasteiger partial charge is 0.422 e. The summed E-state index contributed by atoms with van der Waals surface area (Å²) < 4.78 is 41.0. The summed E-state index contributed by atoms with van der Waals surface area (Å²) in [6, 6.07) is 11.5. The molecule has 0 fully saturated rings. The predicted octanol–water partition coefficient (Wildman–Crippen LogP) is 2.21. The highest BCUT2D eigenvalue weighted by Gasteiger charge is 2.28. The first-order valence-corrected chi connectivity index (χ1v) is 7.55. The molecule has 2 aromatic rings. The Bertz CT molecular complexity index is 693. The van der Waals surface area contributed by atoms with Crippen molar-refractivity contribution in [2.45, 2.75) is 25.2 Å². The van der Waals surface area contributed by atoms with Crippen molar-refractivity contribution in [3.05, 3.63) is 59.8 Å². The van der Waals surface area contributed by atoms with Gasteiger partial charge in [-0.05, 0) is 23.6 Å². The Balaban J connectivity index is 1.84. The molecule has 1 amide bonds. The fourth-order valence-electron chi connectivity index (χ4n) is 2.08. The van der Waals surface area contributed by atoms with Crippen LogP contribution in [0.1, 0.15) is 11.1 Å². The van der Waals surface area contributed by atoms with Crippen LogP contribution >= 0.6 is 0 Å². The van der Waals surface area contributed by atoms with E-state index < -0.39 is 18.8 Å². The number of carbonyl (C=O) groups is 1. The van der Waals surface area contributed by atoms with Crippen LogP contribution < -0.4 is 15.8 Å². The summed E-state index contributed by atoms with van der Waals surface area (Å²) in [5.74, 6) is -0.504. The van der Waals surface area contributed by atoms with Gasteiger partial charge in [-0.25, -0.2) is 4.98 Å². The molecule has 1 aromatic carbocycles. The van der Waals surface area contributed by atoms with Crippen LogP contribution in [0.15, 0.2) is 48.7 Å². The minimum absolute atomic E-state index is 0.117. The molecule has 1 heterocycles. The van der Waals surface area contributed by atoms with E-state index in [1.165, 1.54) is 12.3 Å². The maximum Gasteiger partial charge on any atom is 0.422 e. The average molecular weight is 353 g/mol. The lowest BCUT2D eigenvalue weighted by atomic mass is 10.1. The number of rotatable bonds is 7. The van der Waals surface area contributed by atoms with E-state index in [0.29, 0.717) is 12.0 Å². The van der Waals surface area contributed by atoms with E-state index in [1.54, 1.807) is 6.07 Å². The molecule has 8 heteroatoms. The maximum atomic E-state index is 12.1. The highest BCUT2D eigenvalue weighted by molar-refractivity contribution is 5.81. The highest BCUT2D eigenvalue weighted by atomic mass is 19.4. The molecule has 3 N–H and O–H groups in total. The van der Waals surface area contributed by atoms with Crippen molar-refractivity contribution in [3.8, 4) is 5.88 Å². The second-order valence-corrected chi connectivity index (χ2v) is 5.42. The molecule has 1 atom stereocenters. The fourth-order valence-corrected chi connectivity index (χ4v) is 2.08. The second kappa shape index (κ2) is 8.48. The van der Waals surface area contributed by atoms with Gasteiger partial charge >= 0.3 is 6.18 Å². The van der Waals surface area contributed by atoms with E-state index in [9.17, 15) is 18.0 Å². The molecular formula is C17H18F3N3O2. The van der Waals surface area contributed by atoms with Crippen molar-refractivity contribution < 1.29 is 22.7 Å². The van der Waals surface area contributed by atoms with Crippen molar-refractivity contribution in [3.63, 3.8) is 0 Å². The number of nitrogens with zero attached hydrogens (tertiary/aromatic N) is 1. The molecule has 134 valence electrons. The van der Waals surface area contributed by atoms with Crippen LogP contribution in [0.5, 0.6) is 5.88 Å². The van der Waals surface area contributed by atoms with Gasteiger partial charge in [0.05, 0.1) is 6.04 Å². The van der Waals surface area contributed by atoms with Crippen LogP contribution in [0.25, 0.3) is 0 Å². The molecule has 1 aromatic heterocycles. The topological polar surface area (TPSA) is 77.2 Å². The number of halogens is 3. The number of hydrogen-bond acceptors (Lipinski definition) is 4. The van der Waals surface area contributed by atoms with Gasteiger partial charge in [-0.2, -0.15) is 13.2 Å². The lowest BCUT2D eigenvalue weighted by Gasteiger charge is -2.13. The molecule has 5 nitrogen and oxygen atoms in total. The van der Waals surface area contributed by atoms with Crippen molar-refractivity contribution >= 4 is 5.91 Å². The Morgan fingerprint density at radius 2 is 1.92 bits per heavy atom. The lowest BCUT2D eigenvalue weighted by Crippen LogP contribution is -2.41. The van der Waals surface area contributed by atoms with Crippen LogP contribution in [-0.2, 0) is 17.8 Å². The number of benzene rings is 1. The molecule has 1 unspecified atom stereocenters. The largest absolute Gasteiger partial charge is 0.468 e. The van der Waals surface area contributed by atoms with Crippen molar-refractivity contribution in [2.24, 2.45) is 5.73 Å². The molecule has 0 saturated carbocycles. The van der Waals surface area contributed by atoms with Gasteiger partial charge in [0.1, 0.15) is 0 Å². The Kier molecular flexibility index (Phi) is 6.35. The number of nitrogens with one attached hydrogen (secondary N) is 1. The van der Waals surface area contributed by atoms with Gasteiger partial charge in [0, 0.05) is 18.8 Å². The molecule has 25 heavy (non-hydrogen) atoms. The number of carbonyl (C=O) groups excluding carboxylic acids is 1. The summed E-state index contributed by atoms with van der Waals surface area (Å²) in [5, 5.41) is 2.65. The second-order valence-electron chi connectivity index (χ2n) is 5.42. The molecular weight excluding hydrogens is 335 g/mol. The first kappa shape index (κ1) is 18.7. The molecule has 0 spiro atoms. The quantitative estimate of drug-likeness (QED) is 0.800. The maximum absolute atomic E-state index is 12.1. The summed E-state index contributed by atoms with van der Waals surface area (Å²) in [6.45, 7) is -1.30. The monoisotopic (exact) mass is 353 g/mol. The molecule has 0 bridgehead atoms. The van der Waals surface area contributed by atoms with Crippen molar-refractivity contribution in [1.29, 1.82) is 0 Å². The summed E-state index contributed by atoms with van der Waals surface area (Å²) in [6.07, 6.45) is -2.73. The number of pyridine rings is 1. The summed E-state index contributed by atoms with van der Waals surface area (Å²) in [7, 11) is 0. The molecule has 0 aliphatic carbocycles. The highest BCUT2D eigenvalue weighted by Crippen LogP contribution is 2.17. The molecule has 0 aliphatic heterocycles. The van der Waals surface area contributed by atoms with Gasteiger partial charge in [-0.1, -0.05) is 30.3 Å². The minimum Gasteiger partial charge on any atom is -0.468 e. The van der Waals surface area contributed by atoms with Crippen LogP contribution in [-0.4, -0.2) is 29.7 Å². The first-order valence-electron chi connectivity index (χ1n) is 7.55. The Hall–Kier alpha value is -2.61. The van der Waals surface area contributed by atoms with Crippen LogP contribution in [0.2, 0.25) is 0 Å². The lowest BCUT2D eigenvalue weighted by molar-refractivity contribution is -0.154. The first-order chi connectivity index (χ1) is 11.8. The third-order valence-electron chi connectivity index (χ3n) is 3.28. The van der Waals surface area contributed by atoms with Crippen LogP contribution in [0.4, 0.5) is 13.2 Å². The van der Waals surface area contributed by atoms with Crippen molar-refractivity contribution in [1.82, 2.24) is 10.3 Å². The normalized spacial score (nSPS) is 12.5. The van der Waals surface area contributed by atoms with Gasteiger partial charge in [0.25, 0.3) is 0 Å².